The van der Waals surface area contributed by atoms with E-state index >= 15 is 0 Å². The van der Waals surface area contributed by atoms with Crippen LogP contribution in [0.15, 0.2) is 28.8 Å². The third-order valence-corrected chi connectivity index (χ3v) is 4.60. The Morgan fingerprint density at radius 1 is 1.39 bits per heavy atom. The summed E-state index contributed by atoms with van der Waals surface area (Å²) in [5, 5.41) is 15.2. The van der Waals surface area contributed by atoms with Crippen molar-refractivity contribution in [2.75, 3.05) is 7.11 Å². The molecule has 1 unspecified atom stereocenters. The van der Waals surface area contributed by atoms with Crippen LogP contribution in [-0.2, 0) is 0 Å². The van der Waals surface area contributed by atoms with Gasteiger partial charge in [0.2, 0.25) is 4.96 Å². The zero-order valence-electron chi connectivity index (χ0n) is 12.3. The van der Waals surface area contributed by atoms with E-state index in [9.17, 15) is 9.50 Å². The van der Waals surface area contributed by atoms with Crippen LogP contribution in [0.4, 0.5) is 4.39 Å². The Balaban J connectivity index is 1.90. The molecule has 1 N–H and O–H groups in total. The number of methoxy groups -OCH3 is 1. The number of phenols is 1. The predicted molar refractivity (Wildman–Crippen MR) is 83.8 cm³/mol. The summed E-state index contributed by atoms with van der Waals surface area (Å²) in [6.07, 6.45) is 0.454. The van der Waals surface area contributed by atoms with Crippen molar-refractivity contribution in [3.63, 3.8) is 0 Å². The Morgan fingerprint density at radius 2 is 2.22 bits per heavy atom. The predicted octanol–water partition coefficient (Wildman–Crippen LogP) is 3.95. The number of fused-ring (bicyclic) bond motifs is 2. The van der Waals surface area contributed by atoms with E-state index in [0.29, 0.717) is 38.1 Å². The normalized spacial score (nSPS) is 13.0. The number of ether oxygens (including phenoxy) is 1. The van der Waals surface area contributed by atoms with E-state index in [4.69, 9.17) is 9.15 Å². The molecular weight excluding hydrogens is 321 g/mol. The Bertz CT molecular complexity index is 1020. The number of hydrogen-bond acceptors (Lipinski definition) is 6. The Hall–Kier alpha value is -2.61. The smallest absolute Gasteiger partial charge is 0.212 e. The quantitative estimate of drug-likeness (QED) is 0.614. The van der Waals surface area contributed by atoms with Crippen molar-refractivity contribution in [2.45, 2.75) is 13.1 Å². The minimum Gasteiger partial charge on any atom is -0.507 e. The summed E-state index contributed by atoms with van der Waals surface area (Å²) in [4.78, 5) is 4.81. The highest BCUT2D eigenvalue weighted by atomic mass is 32.1. The first kappa shape index (κ1) is 14.0. The lowest BCUT2D eigenvalue weighted by molar-refractivity contribution is 0.370. The molecule has 3 aromatic heterocycles. The van der Waals surface area contributed by atoms with Gasteiger partial charge in [-0.3, -0.25) is 0 Å². The number of alkyl halides is 1. The average Bonchev–Trinajstić information content (AvgIpc) is 3.19. The molecule has 8 heteroatoms. The average molecular weight is 333 g/mol. The monoisotopic (exact) mass is 333 g/mol. The van der Waals surface area contributed by atoms with Crippen LogP contribution in [0.25, 0.3) is 27.4 Å². The maximum atomic E-state index is 13.4. The minimum atomic E-state index is -1.15. The highest BCUT2D eigenvalue weighted by molar-refractivity contribution is 7.16. The molecule has 1 atom stereocenters. The molecule has 4 rings (SSSR count). The molecule has 1 aromatic carbocycles. The molecular formula is C15H12FN3O3S. The fourth-order valence-electron chi connectivity index (χ4n) is 2.38. The molecule has 4 aromatic rings. The number of nitrogens with zero attached hydrogens (tertiary/aromatic N) is 3. The zero-order chi connectivity index (χ0) is 16.1. The highest BCUT2D eigenvalue weighted by Gasteiger charge is 2.18. The summed E-state index contributed by atoms with van der Waals surface area (Å²) >= 11 is 1.19. The van der Waals surface area contributed by atoms with Crippen LogP contribution in [0.3, 0.4) is 0 Å². The van der Waals surface area contributed by atoms with Gasteiger partial charge in [-0.1, -0.05) is 11.3 Å². The number of phenolic OH excluding ortho intramolecular Hbond substituents is 1. The zero-order valence-corrected chi connectivity index (χ0v) is 13.1. The third-order valence-electron chi connectivity index (χ3n) is 3.52. The van der Waals surface area contributed by atoms with Crippen molar-refractivity contribution in [2.24, 2.45) is 0 Å². The Labute approximate surface area is 133 Å². The molecule has 0 bridgehead atoms. The molecule has 0 saturated carbocycles. The maximum Gasteiger partial charge on any atom is 0.212 e. The van der Waals surface area contributed by atoms with Gasteiger partial charge in [0.05, 0.1) is 18.7 Å². The molecule has 0 aliphatic heterocycles. The number of rotatable bonds is 3. The van der Waals surface area contributed by atoms with E-state index in [1.54, 1.807) is 22.8 Å². The molecule has 0 spiro atoms. The van der Waals surface area contributed by atoms with Crippen LogP contribution in [0.2, 0.25) is 0 Å². The molecule has 0 aliphatic carbocycles. The Morgan fingerprint density at radius 3 is 2.96 bits per heavy atom. The number of halogens is 1. The van der Waals surface area contributed by atoms with E-state index in [-0.39, 0.29) is 5.75 Å². The van der Waals surface area contributed by atoms with Crippen LogP contribution in [0.1, 0.15) is 18.1 Å². The van der Waals surface area contributed by atoms with Crippen LogP contribution in [0, 0.1) is 0 Å². The van der Waals surface area contributed by atoms with Gasteiger partial charge in [0, 0.05) is 12.1 Å². The largest absolute Gasteiger partial charge is 0.507 e. The highest BCUT2D eigenvalue weighted by Crippen LogP contribution is 2.36. The van der Waals surface area contributed by atoms with Gasteiger partial charge in [-0.2, -0.15) is 9.61 Å². The molecule has 0 aliphatic rings. The van der Waals surface area contributed by atoms with Crippen molar-refractivity contribution >= 4 is 27.3 Å². The number of hydrogen-bond donors (Lipinski definition) is 1. The minimum absolute atomic E-state index is 0.0615. The van der Waals surface area contributed by atoms with Crippen molar-refractivity contribution in [1.29, 1.82) is 0 Å². The number of aromatic nitrogens is 3. The summed E-state index contributed by atoms with van der Waals surface area (Å²) in [5.41, 5.74) is 1.08. The lowest BCUT2D eigenvalue weighted by atomic mass is 10.2. The van der Waals surface area contributed by atoms with Gasteiger partial charge in [-0.15, -0.1) is 0 Å². The van der Waals surface area contributed by atoms with Gasteiger partial charge in [-0.05, 0) is 13.0 Å². The van der Waals surface area contributed by atoms with Gasteiger partial charge >= 0.3 is 0 Å². The molecule has 118 valence electrons. The SMILES string of the molecule is COc1cc(O)c2cc(-c3cnc4sc(C(C)F)nn34)oc2c1. The van der Waals surface area contributed by atoms with Crippen molar-refractivity contribution in [3.8, 4) is 23.0 Å². The number of furan rings is 1. The van der Waals surface area contributed by atoms with Gasteiger partial charge in [0.25, 0.3) is 0 Å². The maximum absolute atomic E-state index is 13.4. The first-order valence-electron chi connectivity index (χ1n) is 6.86. The van der Waals surface area contributed by atoms with Crippen molar-refractivity contribution < 1.29 is 18.7 Å². The van der Waals surface area contributed by atoms with Crippen LogP contribution in [0.5, 0.6) is 11.5 Å². The molecule has 0 fully saturated rings. The summed E-state index contributed by atoms with van der Waals surface area (Å²) in [5.74, 6) is 1.04. The van der Waals surface area contributed by atoms with Crippen LogP contribution < -0.4 is 4.74 Å². The van der Waals surface area contributed by atoms with E-state index in [1.165, 1.54) is 31.4 Å². The van der Waals surface area contributed by atoms with E-state index in [0.717, 1.165) is 0 Å². The Kier molecular flexibility index (Phi) is 3.02. The molecule has 3 heterocycles. The van der Waals surface area contributed by atoms with E-state index in [2.05, 4.69) is 10.1 Å². The summed E-state index contributed by atoms with van der Waals surface area (Å²) in [6.45, 7) is 1.43. The van der Waals surface area contributed by atoms with Crippen molar-refractivity contribution in [1.82, 2.24) is 14.6 Å². The molecule has 0 radical (unpaired) electrons. The fraction of sp³-hybridized carbons (Fsp3) is 0.200. The lowest BCUT2D eigenvalue weighted by Crippen LogP contribution is -1.90. The number of benzene rings is 1. The lowest BCUT2D eigenvalue weighted by Gasteiger charge is -1.99. The number of imidazole rings is 1. The first-order chi connectivity index (χ1) is 11.1. The van der Waals surface area contributed by atoms with E-state index in [1.807, 2.05) is 0 Å². The van der Waals surface area contributed by atoms with Gasteiger partial charge in [-0.25, -0.2) is 9.37 Å². The summed E-state index contributed by atoms with van der Waals surface area (Å²) < 4.78 is 25.9. The van der Waals surface area contributed by atoms with Gasteiger partial charge < -0.3 is 14.3 Å². The third kappa shape index (κ3) is 2.14. The fourth-order valence-corrected chi connectivity index (χ4v) is 3.18. The summed E-state index contributed by atoms with van der Waals surface area (Å²) in [7, 11) is 1.51. The molecule has 6 nitrogen and oxygen atoms in total. The first-order valence-corrected chi connectivity index (χ1v) is 7.68. The molecule has 0 saturated heterocycles. The summed E-state index contributed by atoms with van der Waals surface area (Å²) in [6, 6.07) is 4.90. The van der Waals surface area contributed by atoms with E-state index < -0.39 is 6.17 Å². The van der Waals surface area contributed by atoms with Gasteiger partial charge in [0.15, 0.2) is 16.9 Å². The second-order valence-electron chi connectivity index (χ2n) is 5.06. The standard InChI is InChI=1S/C15H12FN3O3S/c1-7(16)14-18-19-10(6-17-15(19)23-14)13-5-9-11(20)3-8(21-2)4-12(9)22-13/h3-7,20H,1-2H3. The molecule has 23 heavy (non-hydrogen) atoms. The van der Waals surface area contributed by atoms with Crippen LogP contribution >= 0.6 is 11.3 Å². The van der Waals surface area contributed by atoms with Crippen molar-refractivity contribution in [3.05, 3.63) is 29.4 Å². The second kappa shape index (κ2) is 4.95. The van der Waals surface area contributed by atoms with Gasteiger partial charge in [0.1, 0.15) is 22.8 Å². The topological polar surface area (TPSA) is 72.8 Å². The number of aromatic hydroxyl groups is 1. The molecule has 0 amide bonds. The van der Waals surface area contributed by atoms with Crippen LogP contribution in [-0.4, -0.2) is 26.8 Å². The second-order valence-corrected chi connectivity index (χ2v) is 6.05.